The van der Waals surface area contributed by atoms with E-state index in [1.54, 1.807) is 0 Å². The second-order valence-electron chi connectivity index (χ2n) is 6.73. The minimum Gasteiger partial charge on any atom is -0.370 e. The molecule has 29 heavy (non-hydrogen) atoms. The topological polar surface area (TPSA) is 73.5 Å². The second-order valence-corrected chi connectivity index (χ2v) is 6.73. The zero-order valence-corrected chi connectivity index (χ0v) is 18.3. The third-order valence-electron chi connectivity index (χ3n) is 4.90. The lowest BCUT2D eigenvalue weighted by atomic mass is 10.2. The van der Waals surface area contributed by atoms with E-state index in [2.05, 4.69) is 24.8 Å². The summed E-state index contributed by atoms with van der Waals surface area (Å²) in [6.45, 7) is 3.61. The van der Waals surface area contributed by atoms with Crippen molar-refractivity contribution < 1.29 is 4.39 Å². The van der Waals surface area contributed by atoms with Crippen LogP contribution >= 0.6 is 24.0 Å². The summed E-state index contributed by atoms with van der Waals surface area (Å²) in [5.41, 5.74) is 9.28. The molecule has 3 N–H and O–H groups in total. The van der Waals surface area contributed by atoms with E-state index >= 15 is 0 Å². The van der Waals surface area contributed by atoms with Gasteiger partial charge in [-0.3, -0.25) is 0 Å². The zero-order valence-electron chi connectivity index (χ0n) is 16.0. The number of hydrogen-bond donors (Lipinski definition) is 2. The summed E-state index contributed by atoms with van der Waals surface area (Å²) in [7, 11) is 0. The average Bonchev–Trinajstić information content (AvgIpc) is 3.22. The molecule has 1 aliphatic rings. The molecule has 0 bridgehead atoms. The maximum Gasteiger partial charge on any atom is 0.191 e. The van der Waals surface area contributed by atoms with Gasteiger partial charge in [0.15, 0.2) is 5.96 Å². The molecule has 0 atom stereocenters. The molecular formula is C21H24FIN6. The van der Waals surface area contributed by atoms with E-state index < -0.39 is 0 Å². The molecule has 0 aliphatic carbocycles. The highest BCUT2D eigenvalue weighted by Gasteiger charge is 2.18. The van der Waals surface area contributed by atoms with Gasteiger partial charge in [0.1, 0.15) is 18.2 Å². The summed E-state index contributed by atoms with van der Waals surface area (Å²) in [5.74, 6) is 1.09. The largest absolute Gasteiger partial charge is 0.370 e. The number of halogens is 2. The molecule has 1 aromatic heterocycles. The first-order valence-electron chi connectivity index (χ1n) is 9.34. The van der Waals surface area contributed by atoms with Crippen molar-refractivity contribution in [3.8, 4) is 11.3 Å². The molecular weight excluding hydrogens is 482 g/mol. The minimum absolute atomic E-state index is 0. The smallest absolute Gasteiger partial charge is 0.191 e. The summed E-state index contributed by atoms with van der Waals surface area (Å²) in [6.07, 6.45) is 1.82. The van der Waals surface area contributed by atoms with Crippen LogP contribution in [-0.2, 0) is 6.54 Å². The first kappa shape index (κ1) is 21.1. The first-order chi connectivity index (χ1) is 13.7. The van der Waals surface area contributed by atoms with E-state index in [1.807, 2.05) is 48.7 Å². The number of aliphatic imine (C=N–C) groups is 1. The maximum atomic E-state index is 13.1. The van der Waals surface area contributed by atoms with Crippen LogP contribution in [0.5, 0.6) is 0 Å². The van der Waals surface area contributed by atoms with Crippen LogP contribution in [0.25, 0.3) is 11.3 Å². The van der Waals surface area contributed by atoms with E-state index in [-0.39, 0.29) is 29.8 Å². The average molecular weight is 506 g/mol. The first-order valence-corrected chi connectivity index (χ1v) is 9.34. The van der Waals surface area contributed by atoms with Crippen LogP contribution in [0.4, 0.5) is 10.1 Å². The number of anilines is 1. The Morgan fingerprint density at radius 1 is 1.03 bits per heavy atom. The van der Waals surface area contributed by atoms with Crippen LogP contribution in [0, 0.1) is 5.82 Å². The molecule has 2 heterocycles. The quantitative estimate of drug-likeness (QED) is 0.323. The number of nitrogens with one attached hydrogen (secondary N) is 1. The van der Waals surface area contributed by atoms with E-state index in [0.717, 1.165) is 48.9 Å². The van der Waals surface area contributed by atoms with Gasteiger partial charge in [-0.15, -0.1) is 24.0 Å². The molecule has 3 aromatic rings. The Hall–Kier alpha value is -2.62. The van der Waals surface area contributed by atoms with Crippen molar-refractivity contribution in [3.05, 3.63) is 72.4 Å². The Bertz CT molecular complexity index is 933. The Kier molecular flexibility index (Phi) is 7.08. The van der Waals surface area contributed by atoms with E-state index in [0.29, 0.717) is 12.5 Å². The number of aromatic amines is 1. The highest BCUT2D eigenvalue weighted by Crippen LogP contribution is 2.18. The van der Waals surface area contributed by atoms with Gasteiger partial charge in [0.25, 0.3) is 0 Å². The summed E-state index contributed by atoms with van der Waals surface area (Å²) in [6, 6.07) is 16.7. The lowest BCUT2D eigenvalue weighted by Crippen LogP contribution is -2.51. The fraction of sp³-hybridized carbons (Fsp3) is 0.238. The standard InChI is InChI=1S/C21H23FN6.HI/c22-17-6-8-18(9-7-17)27-10-12-28(13-11-27)21(23)25-15-20-24-14-19(26-20)16-4-2-1-3-5-16;/h1-9,14H,10-13,15H2,(H2,23,25)(H,24,26);1H. The fourth-order valence-electron chi connectivity index (χ4n) is 3.31. The van der Waals surface area contributed by atoms with Crippen molar-refractivity contribution in [3.63, 3.8) is 0 Å². The van der Waals surface area contributed by atoms with E-state index in [4.69, 9.17) is 5.73 Å². The van der Waals surface area contributed by atoms with Gasteiger partial charge in [0.2, 0.25) is 0 Å². The summed E-state index contributed by atoms with van der Waals surface area (Å²) in [4.78, 5) is 16.5. The van der Waals surface area contributed by atoms with Crippen molar-refractivity contribution in [1.29, 1.82) is 0 Å². The summed E-state index contributed by atoms with van der Waals surface area (Å²) >= 11 is 0. The maximum absolute atomic E-state index is 13.1. The zero-order chi connectivity index (χ0) is 19.3. The highest BCUT2D eigenvalue weighted by atomic mass is 127. The lowest BCUT2D eigenvalue weighted by molar-refractivity contribution is 0.380. The van der Waals surface area contributed by atoms with Crippen LogP contribution in [-0.4, -0.2) is 47.0 Å². The summed E-state index contributed by atoms with van der Waals surface area (Å²) in [5, 5.41) is 0. The normalized spacial score (nSPS) is 14.6. The van der Waals surface area contributed by atoms with Gasteiger partial charge in [0, 0.05) is 31.9 Å². The van der Waals surface area contributed by atoms with Crippen LogP contribution in [0.3, 0.4) is 0 Å². The molecule has 8 heteroatoms. The monoisotopic (exact) mass is 506 g/mol. The number of hydrogen-bond acceptors (Lipinski definition) is 3. The van der Waals surface area contributed by atoms with Gasteiger partial charge in [-0.2, -0.15) is 0 Å². The molecule has 1 fully saturated rings. The number of nitrogens with zero attached hydrogens (tertiary/aromatic N) is 4. The van der Waals surface area contributed by atoms with Crippen LogP contribution in [0.1, 0.15) is 5.82 Å². The summed E-state index contributed by atoms with van der Waals surface area (Å²) < 4.78 is 13.1. The molecule has 0 amide bonds. The van der Waals surface area contributed by atoms with E-state index in [1.165, 1.54) is 12.1 Å². The second kappa shape index (κ2) is 9.73. The number of benzene rings is 2. The predicted octanol–water partition coefficient (Wildman–Crippen LogP) is 3.47. The van der Waals surface area contributed by atoms with Gasteiger partial charge in [-0.25, -0.2) is 14.4 Å². The molecule has 2 aromatic carbocycles. The molecule has 4 rings (SSSR count). The SMILES string of the molecule is I.NC(=NCc1ncc(-c2ccccc2)[nH]1)N1CCN(c2ccc(F)cc2)CC1. The molecule has 6 nitrogen and oxygen atoms in total. The van der Waals surface area contributed by atoms with Gasteiger partial charge >= 0.3 is 0 Å². The number of aromatic nitrogens is 2. The third-order valence-corrected chi connectivity index (χ3v) is 4.90. The molecule has 0 unspecified atom stereocenters. The Balaban J connectivity index is 0.00000240. The number of piperazine rings is 1. The highest BCUT2D eigenvalue weighted by molar-refractivity contribution is 14.0. The van der Waals surface area contributed by atoms with E-state index in [9.17, 15) is 4.39 Å². The number of imidazole rings is 1. The molecule has 0 saturated carbocycles. The van der Waals surface area contributed by atoms with Gasteiger partial charge in [0.05, 0.1) is 11.9 Å². The van der Waals surface area contributed by atoms with Crippen LogP contribution in [0.2, 0.25) is 0 Å². The van der Waals surface area contributed by atoms with Crippen molar-refractivity contribution in [1.82, 2.24) is 14.9 Å². The van der Waals surface area contributed by atoms with Crippen molar-refractivity contribution >= 4 is 35.6 Å². The van der Waals surface area contributed by atoms with Gasteiger partial charge < -0.3 is 20.5 Å². The molecule has 0 radical (unpaired) electrons. The molecule has 1 aliphatic heterocycles. The van der Waals surface area contributed by atoms with Crippen molar-refractivity contribution in [2.24, 2.45) is 10.7 Å². The van der Waals surface area contributed by atoms with Crippen molar-refractivity contribution in [2.75, 3.05) is 31.1 Å². The number of H-pyrrole nitrogens is 1. The number of guanidine groups is 1. The van der Waals surface area contributed by atoms with Crippen molar-refractivity contribution in [2.45, 2.75) is 6.54 Å². The number of rotatable bonds is 4. The van der Waals surface area contributed by atoms with Gasteiger partial charge in [-0.05, 0) is 29.8 Å². The predicted molar refractivity (Wildman–Crippen MR) is 125 cm³/mol. The fourth-order valence-corrected chi connectivity index (χ4v) is 3.31. The molecule has 0 spiro atoms. The lowest BCUT2D eigenvalue weighted by Gasteiger charge is -2.36. The Morgan fingerprint density at radius 2 is 1.72 bits per heavy atom. The van der Waals surface area contributed by atoms with Gasteiger partial charge in [-0.1, -0.05) is 30.3 Å². The van der Waals surface area contributed by atoms with Crippen LogP contribution < -0.4 is 10.6 Å². The number of nitrogens with two attached hydrogens (primary N) is 1. The Labute approximate surface area is 186 Å². The van der Waals surface area contributed by atoms with Crippen LogP contribution in [0.15, 0.2) is 65.8 Å². The third kappa shape index (κ3) is 5.26. The molecule has 152 valence electrons. The Morgan fingerprint density at radius 3 is 2.41 bits per heavy atom. The molecule has 1 saturated heterocycles. The minimum atomic E-state index is -0.216.